The van der Waals surface area contributed by atoms with Gasteiger partial charge >= 0.3 is 0 Å². The Morgan fingerprint density at radius 3 is 2.95 bits per heavy atom. The molecule has 0 spiro atoms. The van der Waals surface area contributed by atoms with Crippen LogP contribution in [0, 0.1) is 11.8 Å². The first-order valence-corrected chi connectivity index (χ1v) is 8.39. The number of hydrogen-bond acceptors (Lipinski definition) is 4. The Morgan fingerprint density at radius 1 is 1.43 bits per heavy atom. The third kappa shape index (κ3) is 3.83. The van der Waals surface area contributed by atoms with E-state index in [4.69, 9.17) is 10.5 Å². The van der Waals surface area contributed by atoms with Crippen LogP contribution in [0.25, 0.3) is 0 Å². The highest BCUT2D eigenvalue weighted by Gasteiger charge is 2.29. The fourth-order valence-corrected chi connectivity index (χ4v) is 3.96. The van der Waals surface area contributed by atoms with Gasteiger partial charge in [-0.2, -0.15) is 4.31 Å². The number of ether oxygens (including phenoxy) is 1. The smallest absolute Gasteiger partial charge is 0.244 e. The van der Waals surface area contributed by atoms with E-state index in [2.05, 4.69) is 11.8 Å². The van der Waals surface area contributed by atoms with E-state index >= 15 is 0 Å². The Bertz CT molecular complexity index is 646. The van der Waals surface area contributed by atoms with Crippen LogP contribution in [0.3, 0.4) is 0 Å². The second-order valence-corrected chi connectivity index (χ2v) is 6.81. The summed E-state index contributed by atoms with van der Waals surface area (Å²) in [7, 11) is -3.57. The molecule has 114 valence electrons. The molecular formula is C15H20N2O3S. The van der Waals surface area contributed by atoms with Gasteiger partial charge in [-0.25, -0.2) is 8.42 Å². The predicted molar refractivity (Wildman–Crippen MR) is 81.2 cm³/mol. The summed E-state index contributed by atoms with van der Waals surface area (Å²) in [5.41, 5.74) is 5.85. The summed E-state index contributed by atoms with van der Waals surface area (Å²) in [4.78, 5) is 0.236. The van der Waals surface area contributed by atoms with E-state index in [1.165, 1.54) is 4.31 Å². The molecule has 2 rings (SSSR count). The molecule has 1 fully saturated rings. The second-order valence-electron chi connectivity index (χ2n) is 4.90. The molecule has 1 aromatic carbocycles. The van der Waals surface area contributed by atoms with Crippen molar-refractivity contribution in [1.82, 2.24) is 4.31 Å². The van der Waals surface area contributed by atoms with Crippen molar-refractivity contribution in [2.75, 3.05) is 26.2 Å². The van der Waals surface area contributed by atoms with Gasteiger partial charge in [0.25, 0.3) is 0 Å². The molecule has 1 aliphatic heterocycles. The lowest BCUT2D eigenvalue weighted by Gasteiger charge is -2.22. The van der Waals surface area contributed by atoms with Gasteiger partial charge in [-0.15, -0.1) is 0 Å². The van der Waals surface area contributed by atoms with Crippen LogP contribution in [0.1, 0.15) is 18.9 Å². The number of benzene rings is 1. The molecule has 1 atom stereocenters. The summed E-state index contributed by atoms with van der Waals surface area (Å²) in [6, 6.07) is 6.77. The monoisotopic (exact) mass is 308 g/mol. The van der Waals surface area contributed by atoms with Crippen molar-refractivity contribution in [3.05, 3.63) is 29.8 Å². The summed E-state index contributed by atoms with van der Waals surface area (Å²) in [5, 5.41) is 0. The number of rotatable bonds is 2. The second kappa shape index (κ2) is 7.05. The van der Waals surface area contributed by atoms with Crippen molar-refractivity contribution in [3.63, 3.8) is 0 Å². The number of nitrogens with zero attached hydrogens (tertiary/aromatic N) is 1. The maximum Gasteiger partial charge on any atom is 0.244 e. The van der Waals surface area contributed by atoms with Crippen LogP contribution in [-0.4, -0.2) is 45.1 Å². The molecule has 0 saturated carbocycles. The van der Waals surface area contributed by atoms with E-state index in [-0.39, 0.29) is 17.5 Å². The summed E-state index contributed by atoms with van der Waals surface area (Å²) in [6.45, 7) is 3.49. The standard InChI is InChI=1S/C15H20N2O3S/c1-13-12-17(10-5-11-20-13)21(18,19)15-8-3-2-6-14(15)7-4-9-16/h2-3,6,8,13H,5,9-12,16H2,1H3. The molecular weight excluding hydrogens is 288 g/mol. The van der Waals surface area contributed by atoms with Gasteiger partial charge in [-0.1, -0.05) is 24.0 Å². The van der Waals surface area contributed by atoms with Crippen LogP contribution < -0.4 is 5.73 Å². The normalized spacial score (nSPS) is 20.4. The van der Waals surface area contributed by atoms with Crippen LogP contribution in [0.2, 0.25) is 0 Å². The summed E-state index contributed by atoms with van der Waals surface area (Å²) >= 11 is 0. The van der Waals surface area contributed by atoms with E-state index in [1.807, 2.05) is 6.92 Å². The SMILES string of the molecule is CC1CN(S(=O)(=O)c2ccccc2C#CCN)CCCO1. The molecule has 0 aliphatic carbocycles. The average Bonchev–Trinajstić information content (AvgIpc) is 2.70. The largest absolute Gasteiger partial charge is 0.377 e. The van der Waals surface area contributed by atoms with Crippen LogP contribution >= 0.6 is 0 Å². The molecule has 0 bridgehead atoms. The summed E-state index contributed by atoms with van der Waals surface area (Å²) < 4.78 is 32.7. The van der Waals surface area contributed by atoms with Gasteiger partial charge in [0.2, 0.25) is 10.0 Å². The molecule has 1 aromatic rings. The van der Waals surface area contributed by atoms with Crippen molar-refractivity contribution >= 4 is 10.0 Å². The van der Waals surface area contributed by atoms with Crippen LogP contribution in [0.5, 0.6) is 0 Å². The number of hydrogen-bond donors (Lipinski definition) is 1. The maximum atomic E-state index is 12.8. The van der Waals surface area contributed by atoms with Crippen LogP contribution in [0.4, 0.5) is 0 Å². The van der Waals surface area contributed by atoms with Crippen molar-refractivity contribution < 1.29 is 13.2 Å². The molecule has 5 nitrogen and oxygen atoms in total. The minimum absolute atomic E-state index is 0.107. The van der Waals surface area contributed by atoms with Crippen molar-refractivity contribution in [2.45, 2.75) is 24.3 Å². The van der Waals surface area contributed by atoms with E-state index in [1.54, 1.807) is 24.3 Å². The zero-order valence-electron chi connectivity index (χ0n) is 12.1. The van der Waals surface area contributed by atoms with Gasteiger partial charge < -0.3 is 10.5 Å². The third-order valence-electron chi connectivity index (χ3n) is 3.24. The maximum absolute atomic E-state index is 12.8. The van der Waals surface area contributed by atoms with Crippen LogP contribution in [0.15, 0.2) is 29.2 Å². The van der Waals surface area contributed by atoms with Crippen LogP contribution in [-0.2, 0) is 14.8 Å². The lowest BCUT2D eigenvalue weighted by Crippen LogP contribution is -2.36. The van der Waals surface area contributed by atoms with Crippen molar-refractivity contribution in [1.29, 1.82) is 0 Å². The Kier molecular flexibility index (Phi) is 5.37. The molecule has 2 N–H and O–H groups in total. The molecule has 1 saturated heterocycles. The summed E-state index contributed by atoms with van der Waals surface area (Å²) in [6.07, 6.45) is 0.588. The van der Waals surface area contributed by atoms with E-state index < -0.39 is 10.0 Å². The lowest BCUT2D eigenvalue weighted by molar-refractivity contribution is 0.0752. The molecule has 21 heavy (non-hydrogen) atoms. The molecule has 1 heterocycles. The third-order valence-corrected chi connectivity index (χ3v) is 5.17. The molecule has 1 aliphatic rings. The Labute approximate surface area is 126 Å². The van der Waals surface area contributed by atoms with E-state index in [0.29, 0.717) is 31.7 Å². The summed E-state index contributed by atoms with van der Waals surface area (Å²) in [5.74, 6) is 5.54. The van der Waals surface area contributed by atoms with E-state index in [9.17, 15) is 8.42 Å². The first kappa shape index (κ1) is 16.0. The zero-order valence-corrected chi connectivity index (χ0v) is 12.9. The Morgan fingerprint density at radius 2 is 2.19 bits per heavy atom. The zero-order chi connectivity index (χ0) is 15.3. The van der Waals surface area contributed by atoms with Gasteiger partial charge in [0.1, 0.15) is 0 Å². The first-order chi connectivity index (χ1) is 10.1. The molecule has 0 radical (unpaired) electrons. The quantitative estimate of drug-likeness (QED) is 0.820. The number of sulfonamides is 1. The Balaban J connectivity index is 2.39. The van der Waals surface area contributed by atoms with Gasteiger partial charge in [-0.3, -0.25) is 0 Å². The first-order valence-electron chi connectivity index (χ1n) is 6.95. The van der Waals surface area contributed by atoms with Gasteiger partial charge in [-0.05, 0) is 25.5 Å². The van der Waals surface area contributed by atoms with Gasteiger partial charge in [0, 0.05) is 25.3 Å². The topological polar surface area (TPSA) is 72.6 Å². The molecule has 0 aromatic heterocycles. The highest BCUT2D eigenvalue weighted by Crippen LogP contribution is 2.21. The fourth-order valence-electron chi connectivity index (χ4n) is 2.25. The average molecular weight is 308 g/mol. The van der Waals surface area contributed by atoms with Gasteiger partial charge in [0.05, 0.1) is 17.5 Å². The molecule has 0 amide bonds. The molecule has 1 unspecified atom stereocenters. The number of nitrogens with two attached hydrogens (primary N) is 1. The Hall–Kier alpha value is -1.39. The van der Waals surface area contributed by atoms with E-state index in [0.717, 1.165) is 0 Å². The highest BCUT2D eigenvalue weighted by molar-refractivity contribution is 7.89. The minimum Gasteiger partial charge on any atom is -0.377 e. The minimum atomic E-state index is -3.57. The van der Waals surface area contributed by atoms with Crippen molar-refractivity contribution in [3.8, 4) is 11.8 Å². The fraction of sp³-hybridized carbons (Fsp3) is 0.467. The van der Waals surface area contributed by atoms with Crippen molar-refractivity contribution in [2.24, 2.45) is 5.73 Å². The molecule has 6 heteroatoms. The lowest BCUT2D eigenvalue weighted by atomic mass is 10.2. The predicted octanol–water partition coefficient (Wildman–Crippen LogP) is 0.796. The highest BCUT2D eigenvalue weighted by atomic mass is 32.2. The van der Waals surface area contributed by atoms with Gasteiger partial charge in [0.15, 0.2) is 0 Å².